The van der Waals surface area contributed by atoms with Gasteiger partial charge in [0.1, 0.15) is 0 Å². The van der Waals surface area contributed by atoms with Gasteiger partial charge in [0, 0.05) is 10.8 Å². The van der Waals surface area contributed by atoms with Crippen LogP contribution in [0.2, 0.25) is 0 Å². The van der Waals surface area contributed by atoms with E-state index in [1.54, 1.807) is 5.57 Å². The molecule has 0 saturated heterocycles. The molecular formula is C12H18O. The second-order valence-corrected chi connectivity index (χ2v) is 5.21. The Morgan fingerprint density at radius 3 is 2.62 bits per heavy atom. The molecule has 2 unspecified atom stereocenters. The minimum atomic E-state index is -0.0290. The highest BCUT2D eigenvalue weighted by Gasteiger charge is 2.69. The molecule has 0 radical (unpaired) electrons. The highest BCUT2D eigenvalue weighted by molar-refractivity contribution is 5.47. The average Bonchev–Trinajstić information content (AvgIpc) is 2.59. The molecule has 2 fully saturated rings. The molecule has 0 aromatic rings. The number of aliphatic hydroxyl groups excluding tert-OH is 1. The van der Waals surface area contributed by atoms with Crippen LogP contribution in [0.25, 0.3) is 0 Å². The molecule has 0 aromatic heterocycles. The van der Waals surface area contributed by atoms with Crippen LogP contribution in [0.1, 0.15) is 46.0 Å². The number of aliphatic hydroxyl groups is 1. The quantitative estimate of drug-likeness (QED) is 0.565. The molecule has 0 bridgehead atoms. The fourth-order valence-corrected chi connectivity index (χ4v) is 4.73. The molecule has 2 saturated carbocycles. The number of allylic oxidation sites excluding steroid dienone is 1. The first-order valence-electron chi connectivity index (χ1n) is 5.52. The van der Waals surface area contributed by atoms with E-state index in [1.165, 1.54) is 31.3 Å². The van der Waals surface area contributed by atoms with Gasteiger partial charge in [-0.1, -0.05) is 17.6 Å². The largest absolute Gasteiger partial charge is 0.392 e. The van der Waals surface area contributed by atoms with E-state index in [4.69, 9.17) is 0 Å². The van der Waals surface area contributed by atoms with E-state index in [0.29, 0.717) is 5.41 Å². The molecule has 3 rings (SSSR count). The van der Waals surface area contributed by atoms with E-state index in [2.05, 4.69) is 13.8 Å². The van der Waals surface area contributed by atoms with E-state index < -0.39 is 0 Å². The van der Waals surface area contributed by atoms with Crippen LogP contribution in [-0.2, 0) is 0 Å². The molecule has 1 heteroatoms. The number of rotatable bonds is 0. The molecule has 72 valence electrons. The van der Waals surface area contributed by atoms with Crippen molar-refractivity contribution in [1.29, 1.82) is 0 Å². The van der Waals surface area contributed by atoms with Gasteiger partial charge in [0.15, 0.2) is 0 Å². The van der Waals surface area contributed by atoms with Gasteiger partial charge in [0.05, 0.1) is 6.10 Å². The van der Waals surface area contributed by atoms with Gasteiger partial charge in [0.25, 0.3) is 0 Å². The van der Waals surface area contributed by atoms with E-state index >= 15 is 0 Å². The summed E-state index contributed by atoms with van der Waals surface area (Å²) in [5, 5.41) is 10.1. The van der Waals surface area contributed by atoms with Crippen molar-refractivity contribution in [2.75, 3.05) is 0 Å². The Labute approximate surface area is 79.8 Å². The average molecular weight is 178 g/mol. The number of hydrogen-bond acceptors (Lipinski definition) is 1. The SMILES string of the molecule is CC1=C(C)C23CCCC12CC[C@@H]3O. The summed E-state index contributed by atoms with van der Waals surface area (Å²) in [7, 11) is 0. The summed E-state index contributed by atoms with van der Waals surface area (Å²) in [5.41, 5.74) is 3.84. The normalized spacial score (nSPS) is 53.3. The first-order valence-corrected chi connectivity index (χ1v) is 5.52. The van der Waals surface area contributed by atoms with Crippen LogP contribution < -0.4 is 0 Å². The summed E-state index contributed by atoms with van der Waals surface area (Å²) in [5.74, 6) is 0. The van der Waals surface area contributed by atoms with Crippen molar-refractivity contribution in [2.45, 2.75) is 52.1 Å². The molecule has 3 aliphatic rings. The van der Waals surface area contributed by atoms with Gasteiger partial charge in [0.2, 0.25) is 0 Å². The predicted octanol–water partition coefficient (Wildman–Crippen LogP) is 2.65. The molecule has 1 nitrogen and oxygen atoms in total. The maximum atomic E-state index is 10.1. The third-order valence-corrected chi connectivity index (χ3v) is 5.39. The lowest BCUT2D eigenvalue weighted by Crippen LogP contribution is -2.49. The van der Waals surface area contributed by atoms with Crippen molar-refractivity contribution >= 4 is 0 Å². The molecule has 0 aromatic carbocycles. The van der Waals surface area contributed by atoms with Crippen molar-refractivity contribution in [3.8, 4) is 0 Å². The van der Waals surface area contributed by atoms with E-state index in [0.717, 1.165) is 6.42 Å². The molecule has 0 amide bonds. The lowest BCUT2D eigenvalue weighted by atomic mass is 9.50. The Morgan fingerprint density at radius 2 is 1.92 bits per heavy atom. The number of hydrogen-bond donors (Lipinski definition) is 1. The molecule has 0 spiro atoms. The smallest absolute Gasteiger partial charge is 0.0642 e. The van der Waals surface area contributed by atoms with Crippen molar-refractivity contribution in [1.82, 2.24) is 0 Å². The summed E-state index contributed by atoms with van der Waals surface area (Å²) in [6, 6.07) is 0. The second-order valence-electron chi connectivity index (χ2n) is 5.21. The molecule has 3 atom stereocenters. The zero-order valence-corrected chi connectivity index (χ0v) is 8.56. The van der Waals surface area contributed by atoms with Crippen LogP contribution in [0.3, 0.4) is 0 Å². The van der Waals surface area contributed by atoms with Gasteiger partial charge in [-0.05, 0) is 39.5 Å². The summed E-state index contributed by atoms with van der Waals surface area (Å²) < 4.78 is 0. The molecule has 1 N–H and O–H groups in total. The first-order chi connectivity index (χ1) is 6.15. The second kappa shape index (κ2) is 2.03. The van der Waals surface area contributed by atoms with E-state index in [1.807, 2.05) is 0 Å². The van der Waals surface area contributed by atoms with Gasteiger partial charge in [-0.15, -0.1) is 0 Å². The third kappa shape index (κ3) is 0.551. The first kappa shape index (κ1) is 8.05. The summed E-state index contributed by atoms with van der Waals surface area (Å²) >= 11 is 0. The highest BCUT2D eigenvalue weighted by Crippen LogP contribution is 2.76. The van der Waals surface area contributed by atoms with Gasteiger partial charge in [-0.3, -0.25) is 0 Å². The van der Waals surface area contributed by atoms with Crippen LogP contribution in [0.15, 0.2) is 11.1 Å². The van der Waals surface area contributed by atoms with Gasteiger partial charge < -0.3 is 5.11 Å². The zero-order valence-electron chi connectivity index (χ0n) is 8.56. The van der Waals surface area contributed by atoms with E-state index in [9.17, 15) is 5.11 Å². The maximum absolute atomic E-state index is 10.1. The Bertz CT molecular complexity index is 304. The minimum Gasteiger partial charge on any atom is -0.392 e. The van der Waals surface area contributed by atoms with Gasteiger partial charge in [-0.25, -0.2) is 0 Å². The molecule has 3 aliphatic carbocycles. The van der Waals surface area contributed by atoms with Crippen molar-refractivity contribution in [3.63, 3.8) is 0 Å². The summed E-state index contributed by atoms with van der Waals surface area (Å²) in [6.07, 6.45) is 6.17. The van der Waals surface area contributed by atoms with Crippen LogP contribution >= 0.6 is 0 Å². The topological polar surface area (TPSA) is 20.2 Å². The van der Waals surface area contributed by atoms with Crippen LogP contribution in [0, 0.1) is 10.8 Å². The molecule has 0 aliphatic heterocycles. The van der Waals surface area contributed by atoms with Crippen LogP contribution in [-0.4, -0.2) is 11.2 Å². The molecule has 13 heavy (non-hydrogen) atoms. The highest BCUT2D eigenvalue weighted by atomic mass is 16.3. The predicted molar refractivity (Wildman–Crippen MR) is 52.3 cm³/mol. The fraction of sp³-hybridized carbons (Fsp3) is 0.833. The zero-order chi connectivity index (χ0) is 9.27. The van der Waals surface area contributed by atoms with Gasteiger partial charge >= 0.3 is 0 Å². The summed E-state index contributed by atoms with van der Waals surface area (Å²) in [4.78, 5) is 0. The van der Waals surface area contributed by atoms with Crippen LogP contribution in [0.5, 0.6) is 0 Å². The summed E-state index contributed by atoms with van der Waals surface area (Å²) in [6.45, 7) is 4.53. The third-order valence-electron chi connectivity index (χ3n) is 5.39. The monoisotopic (exact) mass is 178 g/mol. The Morgan fingerprint density at radius 1 is 1.15 bits per heavy atom. The molecular weight excluding hydrogens is 160 g/mol. The molecule has 0 heterocycles. The Kier molecular flexibility index (Phi) is 1.26. The lowest BCUT2D eigenvalue weighted by molar-refractivity contribution is 0.0147. The Balaban J connectivity index is 2.19. The standard InChI is InChI=1S/C12H18O/c1-8-9(2)12-6-3-5-11(8,12)7-4-10(12)13/h10,13H,3-7H2,1-2H3/t10-,11?,12?/m0/s1. The van der Waals surface area contributed by atoms with Gasteiger partial charge in [-0.2, -0.15) is 0 Å². The maximum Gasteiger partial charge on any atom is 0.0642 e. The lowest BCUT2D eigenvalue weighted by Gasteiger charge is -2.54. The van der Waals surface area contributed by atoms with Crippen molar-refractivity contribution in [3.05, 3.63) is 11.1 Å². The minimum absolute atomic E-state index is 0.0290. The fourth-order valence-electron chi connectivity index (χ4n) is 4.73. The van der Waals surface area contributed by atoms with Crippen LogP contribution in [0.4, 0.5) is 0 Å². The Hall–Kier alpha value is -0.300. The van der Waals surface area contributed by atoms with E-state index in [-0.39, 0.29) is 11.5 Å². The van der Waals surface area contributed by atoms with Crippen molar-refractivity contribution < 1.29 is 5.11 Å². The van der Waals surface area contributed by atoms with Crippen molar-refractivity contribution in [2.24, 2.45) is 10.8 Å².